The molecule has 0 aliphatic carbocycles. The van der Waals surface area contributed by atoms with Crippen molar-refractivity contribution in [2.45, 2.75) is 74.8 Å². The Morgan fingerprint density at radius 3 is 1.29 bits per heavy atom. The fourth-order valence-electron chi connectivity index (χ4n) is 2.85. The molecule has 2 aromatic carbocycles. The largest absolute Gasteiger partial charge is 0.457 e. The van der Waals surface area contributed by atoms with Gasteiger partial charge in [-0.1, -0.05) is 36.4 Å². The first kappa shape index (κ1) is 30.1. The Morgan fingerprint density at radius 2 is 0.929 bits per heavy atom. The van der Waals surface area contributed by atoms with Gasteiger partial charge in [-0.25, -0.2) is 0 Å². The SMILES string of the molecule is CCCCCCCCCCC[CH2][Na].S.S.c1ccc(Oc2ccccc2)cc1. The van der Waals surface area contributed by atoms with E-state index in [4.69, 9.17) is 4.74 Å². The molecular formula is C24H39NaOS2. The van der Waals surface area contributed by atoms with Crippen LogP contribution in [0.15, 0.2) is 60.7 Å². The summed E-state index contributed by atoms with van der Waals surface area (Å²) < 4.78 is 7.09. The second kappa shape index (κ2) is 23.2. The van der Waals surface area contributed by atoms with Gasteiger partial charge in [-0.3, -0.25) is 0 Å². The summed E-state index contributed by atoms with van der Waals surface area (Å²) in [6.45, 7) is 2.29. The summed E-state index contributed by atoms with van der Waals surface area (Å²) in [6, 6.07) is 19.5. The summed E-state index contributed by atoms with van der Waals surface area (Å²) in [5.74, 6) is 1.74. The van der Waals surface area contributed by atoms with Crippen molar-refractivity contribution in [1.29, 1.82) is 0 Å². The molecule has 1 nitrogen and oxygen atoms in total. The number of para-hydroxylation sites is 2. The molecule has 0 radical (unpaired) electrons. The van der Waals surface area contributed by atoms with Gasteiger partial charge in [0.05, 0.1) is 0 Å². The van der Waals surface area contributed by atoms with Gasteiger partial charge in [-0.2, -0.15) is 27.0 Å². The van der Waals surface area contributed by atoms with Crippen molar-refractivity contribution in [2.24, 2.45) is 0 Å². The van der Waals surface area contributed by atoms with Crippen LogP contribution >= 0.6 is 27.0 Å². The summed E-state index contributed by atoms with van der Waals surface area (Å²) in [6.07, 6.45) is 14.7. The van der Waals surface area contributed by atoms with Crippen LogP contribution in [0.1, 0.15) is 71.1 Å². The molecule has 154 valence electrons. The van der Waals surface area contributed by atoms with E-state index in [1.807, 2.05) is 60.7 Å². The van der Waals surface area contributed by atoms with Gasteiger partial charge in [0.15, 0.2) is 0 Å². The summed E-state index contributed by atoms with van der Waals surface area (Å²) in [5.41, 5.74) is 0. The van der Waals surface area contributed by atoms with Crippen molar-refractivity contribution in [1.82, 2.24) is 0 Å². The van der Waals surface area contributed by atoms with E-state index >= 15 is 0 Å². The maximum atomic E-state index is 5.58. The van der Waals surface area contributed by atoms with Gasteiger partial charge in [-0.05, 0) is 24.3 Å². The van der Waals surface area contributed by atoms with Crippen LogP contribution in [0.25, 0.3) is 0 Å². The van der Waals surface area contributed by atoms with Gasteiger partial charge in [0.2, 0.25) is 0 Å². The van der Waals surface area contributed by atoms with Gasteiger partial charge in [0, 0.05) is 0 Å². The van der Waals surface area contributed by atoms with Gasteiger partial charge in [-0.15, -0.1) is 0 Å². The third-order valence-corrected chi connectivity index (χ3v) is 5.14. The Labute approximate surface area is 205 Å². The molecule has 0 unspecified atom stereocenters. The molecule has 0 saturated carbocycles. The normalized spacial score (nSPS) is 9.39. The molecule has 0 saturated heterocycles. The number of unbranched alkanes of at least 4 members (excludes halogenated alkanes) is 9. The Bertz CT molecular complexity index is 475. The molecule has 0 fully saturated rings. The number of rotatable bonds is 12. The summed E-state index contributed by atoms with van der Waals surface area (Å²) >= 11 is 1.41. The third-order valence-electron chi connectivity index (χ3n) is 4.43. The van der Waals surface area contributed by atoms with E-state index in [0.717, 1.165) is 11.5 Å². The van der Waals surface area contributed by atoms with Crippen LogP contribution < -0.4 is 4.74 Å². The van der Waals surface area contributed by atoms with E-state index < -0.39 is 0 Å². The van der Waals surface area contributed by atoms with Gasteiger partial charge < -0.3 is 4.74 Å². The smallest absolute Gasteiger partial charge is 0.127 e. The second-order valence-corrected chi connectivity index (χ2v) is 7.91. The third kappa shape index (κ3) is 18.0. The number of ether oxygens (including phenoxy) is 1. The molecule has 2 rings (SSSR count). The molecule has 0 aromatic heterocycles. The zero-order chi connectivity index (χ0) is 18.7. The number of hydrogen-bond donors (Lipinski definition) is 0. The molecule has 0 bridgehead atoms. The van der Waals surface area contributed by atoms with Crippen molar-refractivity contribution in [3.63, 3.8) is 0 Å². The van der Waals surface area contributed by atoms with Crippen LogP contribution in [0.4, 0.5) is 0 Å². The molecule has 0 amide bonds. The summed E-state index contributed by atoms with van der Waals surface area (Å²) in [4.78, 5) is 0. The summed E-state index contributed by atoms with van der Waals surface area (Å²) in [7, 11) is 0. The average Bonchev–Trinajstić information content (AvgIpc) is 2.69. The molecule has 0 heterocycles. The second-order valence-electron chi connectivity index (χ2n) is 6.91. The first-order chi connectivity index (χ1) is 12.9. The van der Waals surface area contributed by atoms with Crippen LogP contribution in [0.2, 0.25) is 3.67 Å². The monoisotopic (exact) mass is 430 g/mol. The minimum Gasteiger partial charge on any atom is -0.457 e. The van der Waals surface area contributed by atoms with Crippen LogP contribution in [0.5, 0.6) is 11.5 Å². The minimum atomic E-state index is 0. The van der Waals surface area contributed by atoms with Crippen LogP contribution in [-0.4, -0.2) is 27.9 Å². The molecule has 2 aromatic rings. The maximum Gasteiger partial charge on any atom is 0.127 e. The Hall–Kier alpha value is -0.0600. The predicted molar refractivity (Wildman–Crippen MR) is 136 cm³/mol. The van der Waals surface area contributed by atoms with Crippen LogP contribution in [0.3, 0.4) is 0 Å². The maximum absolute atomic E-state index is 5.58. The summed E-state index contributed by atoms with van der Waals surface area (Å²) in [5, 5.41) is 0. The number of benzene rings is 2. The molecular weight excluding hydrogens is 391 g/mol. The van der Waals surface area contributed by atoms with E-state index in [-0.39, 0.29) is 27.0 Å². The van der Waals surface area contributed by atoms with E-state index in [9.17, 15) is 0 Å². The fourth-order valence-corrected chi connectivity index (χ4v) is 3.35. The zero-order valence-corrected chi connectivity index (χ0v) is 22.0. The Morgan fingerprint density at radius 1 is 0.571 bits per heavy atom. The van der Waals surface area contributed by atoms with Gasteiger partial charge >= 0.3 is 103 Å². The Balaban J connectivity index is 0. The van der Waals surface area contributed by atoms with E-state index in [0.29, 0.717) is 0 Å². The molecule has 0 aliphatic rings. The average molecular weight is 431 g/mol. The molecule has 0 spiro atoms. The first-order valence-electron chi connectivity index (χ1n) is 10.6. The van der Waals surface area contributed by atoms with E-state index in [1.165, 1.54) is 95.8 Å². The number of hydrogen-bond acceptors (Lipinski definition) is 1. The first-order valence-corrected chi connectivity index (χ1v) is 12.1. The van der Waals surface area contributed by atoms with Gasteiger partial charge in [0.1, 0.15) is 11.5 Å². The topological polar surface area (TPSA) is 9.23 Å². The molecule has 0 aliphatic heterocycles. The van der Waals surface area contributed by atoms with Crippen molar-refractivity contribution in [3.8, 4) is 11.5 Å². The van der Waals surface area contributed by atoms with Crippen molar-refractivity contribution in [2.75, 3.05) is 0 Å². The molecule has 0 N–H and O–H groups in total. The minimum absolute atomic E-state index is 0. The zero-order valence-electron chi connectivity index (χ0n) is 18.0. The standard InChI is InChI=1S/C12H10O.C12H25.Na.2H2S/c1-3-7-11(8-4-1)13-12-9-5-2-6-10-12;1-3-5-7-9-11-12-10-8-6-4-2;;;/h1-10H;1,3-12H2,2H3;;2*1H2. The van der Waals surface area contributed by atoms with Crippen LogP contribution in [0, 0.1) is 0 Å². The van der Waals surface area contributed by atoms with Crippen molar-refractivity contribution in [3.05, 3.63) is 60.7 Å². The molecule has 4 heteroatoms. The van der Waals surface area contributed by atoms with Gasteiger partial charge in [0.25, 0.3) is 0 Å². The fraction of sp³-hybridized carbons (Fsp3) is 0.500. The van der Waals surface area contributed by atoms with Crippen LogP contribution in [-0.2, 0) is 0 Å². The Kier molecular flexibility index (Phi) is 25.0. The van der Waals surface area contributed by atoms with E-state index in [1.54, 1.807) is 0 Å². The van der Waals surface area contributed by atoms with Crippen molar-refractivity contribution >= 4 is 54.9 Å². The quantitative estimate of drug-likeness (QED) is 0.243. The van der Waals surface area contributed by atoms with E-state index in [2.05, 4.69) is 6.92 Å². The predicted octanol–water partition coefficient (Wildman–Crippen LogP) is 8.20. The van der Waals surface area contributed by atoms with Crippen molar-refractivity contribution < 1.29 is 4.74 Å². The molecule has 0 atom stereocenters. The molecule has 28 heavy (non-hydrogen) atoms.